The summed E-state index contributed by atoms with van der Waals surface area (Å²) < 4.78 is 17.4. The van der Waals surface area contributed by atoms with Crippen molar-refractivity contribution in [3.05, 3.63) is 28.8 Å². The first-order valence-corrected chi connectivity index (χ1v) is 8.54. The zero-order valence-electron chi connectivity index (χ0n) is 15.5. The van der Waals surface area contributed by atoms with Gasteiger partial charge < -0.3 is 14.0 Å². The number of rotatable bonds is 3. The Kier molecular flexibility index (Phi) is 5.11. The van der Waals surface area contributed by atoms with Crippen LogP contribution in [0.2, 0.25) is 5.02 Å². The lowest BCUT2D eigenvalue weighted by atomic mass is 9.78. The zero-order valence-corrected chi connectivity index (χ0v) is 16.3. The number of hydrogen-bond donors (Lipinski definition) is 0. The summed E-state index contributed by atoms with van der Waals surface area (Å²) in [5.41, 5.74) is 0.230. The summed E-state index contributed by atoms with van der Waals surface area (Å²) >= 11 is 6.40. The van der Waals surface area contributed by atoms with Crippen molar-refractivity contribution in [2.24, 2.45) is 0 Å². The smallest absolute Gasteiger partial charge is 0.460 e. The molecule has 0 radical (unpaired) electrons. The van der Waals surface area contributed by atoms with E-state index in [1.807, 2.05) is 60.6 Å². The Morgan fingerprint density at radius 2 is 1.71 bits per heavy atom. The number of halogens is 1. The Morgan fingerprint density at radius 1 is 1.17 bits per heavy atom. The molecule has 1 aromatic rings. The van der Waals surface area contributed by atoms with Gasteiger partial charge in [-0.25, -0.2) is 0 Å². The molecule has 1 aromatic carbocycles. The highest BCUT2D eigenvalue weighted by Crippen LogP contribution is 2.37. The summed E-state index contributed by atoms with van der Waals surface area (Å²) in [6.07, 6.45) is 0.181. The van der Waals surface area contributed by atoms with Crippen LogP contribution < -0.4 is 5.46 Å². The second kappa shape index (κ2) is 6.36. The summed E-state index contributed by atoms with van der Waals surface area (Å²) in [4.78, 5) is 11.9. The van der Waals surface area contributed by atoms with Gasteiger partial charge in [0.05, 0.1) is 17.6 Å². The molecule has 1 saturated heterocycles. The third-order valence-electron chi connectivity index (χ3n) is 4.34. The van der Waals surface area contributed by atoms with Gasteiger partial charge in [-0.05, 0) is 60.1 Å². The van der Waals surface area contributed by atoms with Crippen LogP contribution in [0, 0.1) is 0 Å². The van der Waals surface area contributed by atoms with Crippen LogP contribution >= 0.6 is 11.6 Å². The lowest BCUT2D eigenvalue weighted by Gasteiger charge is -2.32. The van der Waals surface area contributed by atoms with Gasteiger partial charge in [0.2, 0.25) is 0 Å². The first kappa shape index (κ1) is 19.3. The molecular weight excluding hydrogens is 326 g/mol. The van der Waals surface area contributed by atoms with E-state index in [0.29, 0.717) is 5.02 Å². The van der Waals surface area contributed by atoms with Crippen molar-refractivity contribution < 1.29 is 18.8 Å². The molecule has 2 rings (SSSR count). The van der Waals surface area contributed by atoms with E-state index in [1.54, 1.807) is 6.07 Å². The molecule has 132 valence electrons. The molecule has 1 aliphatic heterocycles. The number of esters is 1. The minimum absolute atomic E-state index is 0.181. The molecule has 0 saturated carbocycles. The monoisotopic (exact) mass is 352 g/mol. The van der Waals surface area contributed by atoms with Crippen molar-refractivity contribution in [2.45, 2.75) is 71.7 Å². The lowest BCUT2D eigenvalue weighted by Crippen LogP contribution is -2.41. The predicted octanol–water partition coefficient (Wildman–Crippen LogP) is 3.52. The molecule has 0 aromatic heterocycles. The Labute approximate surface area is 150 Å². The van der Waals surface area contributed by atoms with Crippen molar-refractivity contribution in [3.63, 3.8) is 0 Å². The van der Waals surface area contributed by atoms with E-state index in [9.17, 15) is 4.79 Å². The maximum atomic E-state index is 11.9. The van der Waals surface area contributed by atoms with Gasteiger partial charge in [-0.3, -0.25) is 4.79 Å². The summed E-state index contributed by atoms with van der Waals surface area (Å²) in [6.45, 7) is 13.5. The van der Waals surface area contributed by atoms with Crippen LogP contribution in [0.25, 0.3) is 0 Å². The minimum Gasteiger partial charge on any atom is -0.460 e. The second-order valence-corrected chi connectivity index (χ2v) is 8.61. The molecule has 0 spiro atoms. The van der Waals surface area contributed by atoms with Crippen LogP contribution in [0.1, 0.15) is 54.0 Å². The third kappa shape index (κ3) is 4.32. The van der Waals surface area contributed by atoms with Gasteiger partial charge in [-0.15, -0.1) is 0 Å². The van der Waals surface area contributed by atoms with Gasteiger partial charge in [0.25, 0.3) is 0 Å². The molecule has 1 aliphatic rings. The van der Waals surface area contributed by atoms with Gasteiger partial charge in [-0.2, -0.15) is 0 Å². The van der Waals surface area contributed by atoms with Crippen LogP contribution in [0.15, 0.2) is 18.2 Å². The highest BCUT2D eigenvalue weighted by Gasteiger charge is 2.52. The lowest BCUT2D eigenvalue weighted by molar-refractivity contribution is -0.153. The third-order valence-corrected chi connectivity index (χ3v) is 4.67. The summed E-state index contributed by atoms with van der Waals surface area (Å²) in [7, 11) is -0.516. The Morgan fingerprint density at radius 3 is 2.17 bits per heavy atom. The van der Waals surface area contributed by atoms with Gasteiger partial charge in [0, 0.05) is 10.5 Å². The van der Waals surface area contributed by atoms with Crippen LogP contribution in [-0.2, 0) is 25.3 Å². The first-order valence-electron chi connectivity index (χ1n) is 8.16. The molecule has 0 atom stereocenters. The topological polar surface area (TPSA) is 44.8 Å². The molecule has 0 bridgehead atoms. The Bertz CT molecular complexity index is 618. The van der Waals surface area contributed by atoms with Gasteiger partial charge in [-0.1, -0.05) is 23.7 Å². The maximum absolute atomic E-state index is 11.9. The van der Waals surface area contributed by atoms with Crippen LogP contribution in [-0.4, -0.2) is 29.9 Å². The van der Waals surface area contributed by atoms with Gasteiger partial charge >= 0.3 is 13.1 Å². The molecule has 24 heavy (non-hydrogen) atoms. The minimum atomic E-state index is -0.516. The van der Waals surface area contributed by atoms with Gasteiger partial charge in [0.1, 0.15) is 5.60 Å². The standard InChI is InChI=1S/C18H26BClO4/c1-16(2,3)22-15(21)11-12-8-9-13(14(20)10-12)19-23-17(4,5)18(6,7)24-19/h8-10H,11H2,1-7H3. The van der Waals surface area contributed by atoms with Crippen LogP contribution in [0.5, 0.6) is 0 Å². The summed E-state index contributed by atoms with van der Waals surface area (Å²) in [5, 5.41) is 0.523. The summed E-state index contributed by atoms with van der Waals surface area (Å²) in [6, 6.07) is 5.48. The molecule has 0 amide bonds. The average molecular weight is 353 g/mol. The molecule has 1 heterocycles. The fourth-order valence-electron chi connectivity index (χ4n) is 2.39. The van der Waals surface area contributed by atoms with Gasteiger partial charge in [0.15, 0.2) is 0 Å². The Balaban J connectivity index is 2.13. The van der Waals surface area contributed by atoms with Crippen molar-refractivity contribution in [1.82, 2.24) is 0 Å². The summed E-state index contributed by atoms with van der Waals surface area (Å²) in [5.74, 6) is -0.276. The van der Waals surface area contributed by atoms with Crippen LogP contribution in [0.4, 0.5) is 0 Å². The largest absolute Gasteiger partial charge is 0.496 e. The predicted molar refractivity (Wildman–Crippen MR) is 96.7 cm³/mol. The van der Waals surface area contributed by atoms with Crippen molar-refractivity contribution in [3.8, 4) is 0 Å². The average Bonchev–Trinajstić information content (AvgIpc) is 2.55. The molecule has 6 heteroatoms. The van der Waals surface area contributed by atoms with E-state index in [4.69, 9.17) is 25.6 Å². The quantitative estimate of drug-likeness (QED) is 0.617. The number of benzene rings is 1. The number of ether oxygens (including phenoxy) is 1. The fourth-order valence-corrected chi connectivity index (χ4v) is 2.68. The van der Waals surface area contributed by atoms with Crippen molar-refractivity contribution >= 4 is 30.2 Å². The zero-order chi connectivity index (χ0) is 18.3. The molecule has 0 unspecified atom stereocenters. The Hall–Kier alpha value is -1.04. The fraction of sp³-hybridized carbons (Fsp3) is 0.611. The van der Waals surface area contributed by atoms with E-state index >= 15 is 0 Å². The molecule has 0 N–H and O–H groups in total. The molecule has 4 nitrogen and oxygen atoms in total. The first-order chi connectivity index (χ1) is 10.8. The highest BCUT2D eigenvalue weighted by atomic mass is 35.5. The SMILES string of the molecule is CC(C)(C)OC(=O)Cc1ccc(B2OC(C)(C)C(C)(C)O2)c(Cl)c1. The molecular formula is C18H26BClO4. The van der Waals surface area contributed by atoms with E-state index in [1.165, 1.54) is 0 Å². The second-order valence-electron chi connectivity index (χ2n) is 8.21. The molecule has 1 fully saturated rings. The normalized spacial score (nSPS) is 19.4. The highest BCUT2D eigenvalue weighted by molar-refractivity contribution is 6.65. The van der Waals surface area contributed by atoms with E-state index in [2.05, 4.69) is 0 Å². The van der Waals surface area contributed by atoms with Crippen molar-refractivity contribution in [1.29, 1.82) is 0 Å². The van der Waals surface area contributed by atoms with E-state index in [0.717, 1.165) is 11.0 Å². The number of carbonyl (C=O) groups excluding carboxylic acids is 1. The van der Waals surface area contributed by atoms with Crippen molar-refractivity contribution in [2.75, 3.05) is 0 Å². The van der Waals surface area contributed by atoms with E-state index in [-0.39, 0.29) is 12.4 Å². The maximum Gasteiger partial charge on any atom is 0.496 e. The number of hydrogen-bond acceptors (Lipinski definition) is 4. The molecule has 0 aliphatic carbocycles. The van der Waals surface area contributed by atoms with Crippen LogP contribution in [0.3, 0.4) is 0 Å². The number of carbonyl (C=O) groups is 1. The van der Waals surface area contributed by atoms with E-state index < -0.39 is 23.9 Å².